The maximum absolute atomic E-state index is 11.8. The van der Waals surface area contributed by atoms with Crippen LogP contribution in [-0.4, -0.2) is 56.5 Å². The number of hydrogen-bond donors (Lipinski definition) is 1. The summed E-state index contributed by atoms with van der Waals surface area (Å²) in [6.07, 6.45) is 1.79. The number of nitrogens with zero attached hydrogens (tertiary/aromatic N) is 2. The van der Waals surface area contributed by atoms with Gasteiger partial charge in [0.2, 0.25) is 5.91 Å². The lowest BCUT2D eigenvalue weighted by molar-refractivity contribution is -0.133. The number of rotatable bonds is 7. The molecule has 0 aromatic rings. The topological polar surface area (TPSA) is 49.6 Å². The summed E-state index contributed by atoms with van der Waals surface area (Å²) >= 11 is 0. The van der Waals surface area contributed by atoms with Gasteiger partial charge in [-0.3, -0.25) is 4.79 Å². The summed E-state index contributed by atoms with van der Waals surface area (Å²) in [5.74, 6) is 0.263. The van der Waals surface area contributed by atoms with Crippen LogP contribution in [0.1, 0.15) is 19.8 Å². The highest BCUT2D eigenvalue weighted by Crippen LogP contribution is 2.05. The quantitative estimate of drug-likeness (QED) is 0.668. The molecule has 0 heterocycles. The molecule has 0 fully saturated rings. The van der Waals surface area contributed by atoms with Crippen molar-refractivity contribution in [2.45, 2.75) is 19.8 Å². The van der Waals surface area contributed by atoms with Gasteiger partial charge in [-0.1, -0.05) is 6.92 Å². The number of hydrogen-bond acceptors (Lipinski definition) is 3. The zero-order chi connectivity index (χ0) is 11.8. The van der Waals surface area contributed by atoms with Gasteiger partial charge in [0, 0.05) is 19.5 Å². The first-order valence-electron chi connectivity index (χ1n) is 5.58. The van der Waals surface area contributed by atoms with E-state index in [1.165, 1.54) is 0 Å². The van der Waals surface area contributed by atoms with Crippen molar-refractivity contribution in [2.75, 3.05) is 40.8 Å². The third kappa shape index (κ3) is 6.47. The van der Waals surface area contributed by atoms with Crippen molar-refractivity contribution < 1.29 is 4.79 Å². The van der Waals surface area contributed by atoms with Gasteiger partial charge in [-0.05, 0) is 40.0 Å². The molecule has 0 aromatic carbocycles. The molecule has 15 heavy (non-hydrogen) atoms. The molecule has 1 atom stereocenters. The molecule has 0 aliphatic carbocycles. The van der Waals surface area contributed by atoms with Crippen molar-refractivity contribution in [3.63, 3.8) is 0 Å². The Balaban J connectivity index is 3.78. The fraction of sp³-hybridized carbons (Fsp3) is 0.909. The van der Waals surface area contributed by atoms with Crippen LogP contribution in [0.4, 0.5) is 0 Å². The van der Waals surface area contributed by atoms with E-state index in [1.54, 1.807) is 0 Å². The van der Waals surface area contributed by atoms with Gasteiger partial charge in [-0.15, -0.1) is 0 Å². The maximum Gasteiger partial charge on any atom is 0.225 e. The minimum Gasteiger partial charge on any atom is -0.345 e. The number of carbonyl (C=O) groups is 1. The predicted molar refractivity (Wildman–Crippen MR) is 63.6 cm³/mol. The van der Waals surface area contributed by atoms with E-state index in [4.69, 9.17) is 5.73 Å². The van der Waals surface area contributed by atoms with Gasteiger partial charge in [-0.2, -0.15) is 0 Å². The van der Waals surface area contributed by atoms with Crippen molar-refractivity contribution in [3.8, 4) is 0 Å². The van der Waals surface area contributed by atoms with Crippen molar-refractivity contribution in [1.29, 1.82) is 0 Å². The lowest BCUT2D eigenvalue weighted by Gasteiger charge is -2.21. The summed E-state index contributed by atoms with van der Waals surface area (Å²) in [5, 5.41) is 0. The van der Waals surface area contributed by atoms with Gasteiger partial charge in [-0.25, -0.2) is 0 Å². The standard InChI is InChI=1S/C11H25N3O/c1-10(6-7-12)11(15)14(4)9-5-8-13(2)3/h10H,5-9,12H2,1-4H3. The first kappa shape index (κ1) is 14.4. The van der Waals surface area contributed by atoms with Gasteiger partial charge < -0.3 is 15.5 Å². The summed E-state index contributed by atoms with van der Waals surface area (Å²) < 4.78 is 0. The first-order valence-corrected chi connectivity index (χ1v) is 5.58. The van der Waals surface area contributed by atoms with E-state index in [9.17, 15) is 4.79 Å². The van der Waals surface area contributed by atoms with E-state index in [0.717, 1.165) is 25.9 Å². The van der Waals surface area contributed by atoms with Crippen molar-refractivity contribution in [3.05, 3.63) is 0 Å². The highest BCUT2D eigenvalue weighted by atomic mass is 16.2. The molecule has 2 N–H and O–H groups in total. The Morgan fingerprint density at radius 2 is 1.87 bits per heavy atom. The molecule has 0 radical (unpaired) electrons. The maximum atomic E-state index is 11.8. The zero-order valence-corrected chi connectivity index (χ0v) is 10.5. The molecular formula is C11H25N3O. The monoisotopic (exact) mass is 215 g/mol. The van der Waals surface area contributed by atoms with Crippen LogP contribution >= 0.6 is 0 Å². The van der Waals surface area contributed by atoms with Gasteiger partial charge >= 0.3 is 0 Å². The highest BCUT2D eigenvalue weighted by Gasteiger charge is 2.15. The third-order valence-electron chi connectivity index (χ3n) is 2.50. The molecule has 0 saturated carbocycles. The van der Waals surface area contributed by atoms with Crippen LogP contribution in [-0.2, 0) is 4.79 Å². The van der Waals surface area contributed by atoms with Crippen LogP contribution in [0, 0.1) is 5.92 Å². The Labute approximate surface area is 93.4 Å². The Morgan fingerprint density at radius 1 is 1.27 bits per heavy atom. The number of nitrogens with two attached hydrogens (primary N) is 1. The first-order chi connectivity index (χ1) is 6.99. The van der Waals surface area contributed by atoms with E-state index >= 15 is 0 Å². The smallest absolute Gasteiger partial charge is 0.225 e. The van der Waals surface area contributed by atoms with Crippen LogP contribution in [0.15, 0.2) is 0 Å². The average molecular weight is 215 g/mol. The molecule has 4 nitrogen and oxygen atoms in total. The number of amides is 1. The van der Waals surface area contributed by atoms with E-state index in [0.29, 0.717) is 6.54 Å². The average Bonchev–Trinajstić information content (AvgIpc) is 2.16. The van der Waals surface area contributed by atoms with Crippen LogP contribution in [0.3, 0.4) is 0 Å². The van der Waals surface area contributed by atoms with Crippen LogP contribution in [0.25, 0.3) is 0 Å². The molecule has 0 aliphatic rings. The number of carbonyl (C=O) groups excluding carboxylic acids is 1. The second-order valence-electron chi connectivity index (χ2n) is 4.40. The van der Waals surface area contributed by atoms with Gasteiger partial charge in [0.25, 0.3) is 0 Å². The molecule has 0 aliphatic heterocycles. The molecule has 0 aromatic heterocycles. The Morgan fingerprint density at radius 3 is 2.33 bits per heavy atom. The Kier molecular flexibility index (Phi) is 7.34. The van der Waals surface area contributed by atoms with E-state index in [2.05, 4.69) is 4.90 Å². The van der Waals surface area contributed by atoms with Crippen LogP contribution < -0.4 is 5.73 Å². The Bertz CT molecular complexity index is 183. The minimum absolute atomic E-state index is 0.0550. The van der Waals surface area contributed by atoms with Crippen LogP contribution in [0.5, 0.6) is 0 Å². The molecule has 0 saturated heterocycles. The summed E-state index contributed by atoms with van der Waals surface area (Å²) in [6, 6.07) is 0. The molecule has 1 amide bonds. The lowest BCUT2D eigenvalue weighted by Crippen LogP contribution is -2.34. The predicted octanol–water partition coefficient (Wildman–Crippen LogP) is 0.381. The second-order valence-corrected chi connectivity index (χ2v) is 4.40. The van der Waals surface area contributed by atoms with Gasteiger partial charge in [0.1, 0.15) is 0 Å². The molecule has 0 bridgehead atoms. The summed E-state index contributed by atoms with van der Waals surface area (Å²) in [4.78, 5) is 15.7. The molecule has 90 valence electrons. The fourth-order valence-corrected chi connectivity index (χ4v) is 1.48. The van der Waals surface area contributed by atoms with E-state index < -0.39 is 0 Å². The lowest BCUT2D eigenvalue weighted by atomic mass is 10.1. The minimum atomic E-state index is 0.0550. The van der Waals surface area contributed by atoms with Gasteiger partial charge in [0.15, 0.2) is 0 Å². The SMILES string of the molecule is CC(CCN)C(=O)N(C)CCCN(C)C. The molecular weight excluding hydrogens is 190 g/mol. The van der Waals surface area contributed by atoms with Gasteiger partial charge in [0.05, 0.1) is 0 Å². The normalized spacial score (nSPS) is 12.9. The third-order valence-corrected chi connectivity index (χ3v) is 2.50. The Hall–Kier alpha value is -0.610. The molecule has 0 rings (SSSR count). The summed E-state index contributed by atoms with van der Waals surface area (Å²) in [6.45, 7) is 4.37. The van der Waals surface area contributed by atoms with Crippen molar-refractivity contribution in [2.24, 2.45) is 11.7 Å². The molecule has 1 unspecified atom stereocenters. The largest absolute Gasteiger partial charge is 0.345 e. The summed E-state index contributed by atoms with van der Waals surface area (Å²) in [7, 11) is 5.95. The zero-order valence-electron chi connectivity index (χ0n) is 10.5. The van der Waals surface area contributed by atoms with Crippen molar-refractivity contribution >= 4 is 5.91 Å². The van der Waals surface area contributed by atoms with Crippen molar-refractivity contribution in [1.82, 2.24) is 9.80 Å². The summed E-state index contributed by atoms with van der Waals surface area (Å²) in [5.41, 5.74) is 5.43. The fourth-order valence-electron chi connectivity index (χ4n) is 1.48. The highest BCUT2D eigenvalue weighted by molar-refractivity contribution is 5.78. The van der Waals surface area contributed by atoms with E-state index in [1.807, 2.05) is 33.0 Å². The molecule has 0 spiro atoms. The van der Waals surface area contributed by atoms with Crippen LogP contribution in [0.2, 0.25) is 0 Å². The second kappa shape index (κ2) is 7.65. The molecule has 4 heteroatoms. The van der Waals surface area contributed by atoms with E-state index in [-0.39, 0.29) is 11.8 Å².